The number of ether oxygens (including phenoxy) is 1. The van der Waals surface area contributed by atoms with Gasteiger partial charge in [0, 0.05) is 10.9 Å². The summed E-state index contributed by atoms with van der Waals surface area (Å²) in [6.45, 7) is -0.139. The van der Waals surface area contributed by atoms with E-state index in [2.05, 4.69) is 10.6 Å². The first-order valence-corrected chi connectivity index (χ1v) is 7.50. The fourth-order valence-corrected chi connectivity index (χ4v) is 2.53. The first-order chi connectivity index (χ1) is 10.6. The quantitative estimate of drug-likeness (QED) is 0.757. The number of amides is 2. The molecule has 0 aliphatic heterocycles. The van der Waals surface area contributed by atoms with Crippen molar-refractivity contribution < 1.29 is 14.3 Å². The third-order valence-electron chi connectivity index (χ3n) is 2.88. The summed E-state index contributed by atoms with van der Waals surface area (Å²) in [5.74, 6) is 0.0708. The normalized spacial score (nSPS) is 10.1. The average Bonchev–Trinajstić information content (AvgIpc) is 3.01. The van der Waals surface area contributed by atoms with Crippen LogP contribution in [0.4, 0.5) is 11.4 Å². The Morgan fingerprint density at radius 1 is 1.18 bits per heavy atom. The van der Waals surface area contributed by atoms with Gasteiger partial charge in [0.05, 0.1) is 31.5 Å². The molecule has 0 atom stereocenters. The topological polar surface area (TPSA) is 93.5 Å². The summed E-state index contributed by atoms with van der Waals surface area (Å²) in [6.07, 6.45) is 0.286. The average molecular weight is 319 g/mol. The van der Waals surface area contributed by atoms with E-state index in [-0.39, 0.29) is 24.8 Å². The van der Waals surface area contributed by atoms with Crippen molar-refractivity contribution in [3.8, 4) is 5.75 Å². The SMILES string of the molecule is COc1ccc(NC(=O)Cc2cccs2)c(NC(=O)CN)c1. The highest BCUT2D eigenvalue weighted by Crippen LogP contribution is 2.27. The zero-order chi connectivity index (χ0) is 15.9. The van der Waals surface area contributed by atoms with E-state index in [1.807, 2.05) is 17.5 Å². The van der Waals surface area contributed by atoms with Crippen molar-refractivity contribution in [2.24, 2.45) is 5.73 Å². The van der Waals surface area contributed by atoms with Crippen LogP contribution in [0.15, 0.2) is 35.7 Å². The Balaban J connectivity index is 2.14. The molecule has 0 saturated carbocycles. The Bertz CT molecular complexity index is 656. The smallest absolute Gasteiger partial charge is 0.238 e. The van der Waals surface area contributed by atoms with Gasteiger partial charge in [-0.15, -0.1) is 11.3 Å². The van der Waals surface area contributed by atoms with Crippen LogP contribution in [0, 0.1) is 0 Å². The van der Waals surface area contributed by atoms with Crippen molar-refractivity contribution in [1.29, 1.82) is 0 Å². The number of anilines is 2. The molecule has 116 valence electrons. The number of hydrogen-bond acceptors (Lipinski definition) is 5. The van der Waals surface area contributed by atoms with Crippen molar-refractivity contribution in [3.05, 3.63) is 40.6 Å². The van der Waals surface area contributed by atoms with E-state index in [0.717, 1.165) is 4.88 Å². The molecule has 0 unspecified atom stereocenters. The lowest BCUT2D eigenvalue weighted by atomic mass is 10.2. The molecule has 2 aromatic rings. The van der Waals surface area contributed by atoms with Gasteiger partial charge in [-0.1, -0.05) is 6.07 Å². The molecule has 1 heterocycles. The third kappa shape index (κ3) is 4.31. The van der Waals surface area contributed by atoms with Crippen molar-refractivity contribution in [2.45, 2.75) is 6.42 Å². The lowest BCUT2D eigenvalue weighted by Gasteiger charge is -2.13. The van der Waals surface area contributed by atoms with Crippen LogP contribution in [0.5, 0.6) is 5.75 Å². The summed E-state index contributed by atoms with van der Waals surface area (Å²) in [4.78, 5) is 24.5. The van der Waals surface area contributed by atoms with E-state index in [9.17, 15) is 9.59 Å². The predicted octanol–water partition coefficient (Wildman–Crippen LogP) is 1.84. The summed E-state index contributed by atoms with van der Waals surface area (Å²) in [5.41, 5.74) is 6.26. The van der Waals surface area contributed by atoms with E-state index >= 15 is 0 Å². The zero-order valence-corrected chi connectivity index (χ0v) is 12.9. The second-order valence-electron chi connectivity index (χ2n) is 4.47. The van der Waals surface area contributed by atoms with Crippen molar-refractivity contribution in [3.63, 3.8) is 0 Å². The fraction of sp³-hybridized carbons (Fsp3) is 0.200. The molecular weight excluding hydrogens is 302 g/mol. The Kier molecular flexibility index (Phi) is 5.51. The Labute approximate surface area is 132 Å². The van der Waals surface area contributed by atoms with Crippen LogP contribution >= 0.6 is 11.3 Å². The number of carbonyl (C=O) groups excluding carboxylic acids is 2. The standard InChI is InChI=1S/C15H17N3O3S/c1-21-10-4-5-12(13(7-10)18-15(20)9-16)17-14(19)8-11-3-2-6-22-11/h2-7H,8-9,16H2,1H3,(H,17,19)(H,18,20). The predicted molar refractivity (Wildman–Crippen MR) is 87.3 cm³/mol. The van der Waals surface area contributed by atoms with Crippen LogP contribution in [0.3, 0.4) is 0 Å². The molecule has 0 fully saturated rings. The molecule has 0 aliphatic rings. The van der Waals surface area contributed by atoms with Crippen LogP contribution in [0.25, 0.3) is 0 Å². The summed E-state index contributed by atoms with van der Waals surface area (Å²) in [7, 11) is 1.53. The van der Waals surface area contributed by atoms with Gasteiger partial charge in [0.15, 0.2) is 0 Å². The van der Waals surface area contributed by atoms with Gasteiger partial charge in [0.25, 0.3) is 0 Å². The summed E-state index contributed by atoms with van der Waals surface area (Å²) >= 11 is 1.52. The van der Waals surface area contributed by atoms with Crippen molar-refractivity contribution in [2.75, 3.05) is 24.3 Å². The minimum atomic E-state index is -0.345. The van der Waals surface area contributed by atoms with Crippen molar-refractivity contribution >= 4 is 34.5 Å². The highest BCUT2D eigenvalue weighted by Gasteiger charge is 2.11. The molecule has 4 N–H and O–H groups in total. The minimum absolute atomic E-state index is 0.139. The molecule has 7 heteroatoms. The number of carbonyl (C=O) groups is 2. The van der Waals surface area contributed by atoms with Gasteiger partial charge in [-0.05, 0) is 23.6 Å². The van der Waals surface area contributed by atoms with Crippen LogP contribution in [-0.4, -0.2) is 25.5 Å². The minimum Gasteiger partial charge on any atom is -0.497 e. The monoisotopic (exact) mass is 319 g/mol. The molecule has 2 rings (SSSR count). The molecule has 0 spiro atoms. The number of rotatable bonds is 6. The lowest BCUT2D eigenvalue weighted by molar-refractivity contribution is -0.116. The van der Waals surface area contributed by atoms with E-state index in [1.54, 1.807) is 18.2 Å². The number of nitrogens with two attached hydrogens (primary N) is 1. The van der Waals surface area contributed by atoms with Gasteiger partial charge in [0.2, 0.25) is 11.8 Å². The highest BCUT2D eigenvalue weighted by atomic mass is 32.1. The summed E-state index contributed by atoms with van der Waals surface area (Å²) in [6, 6.07) is 8.81. The van der Waals surface area contributed by atoms with E-state index in [1.165, 1.54) is 18.4 Å². The fourth-order valence-electron chi connectivity index (χ4n) is 1.83. The van der Waals surface area contributed by atoms with E-state index in [4.69, 9.17) is 10.5 Å². The summed E-state index contributed by atoms with van der Waals surface area (Å²) < 4.78 is 5.12. The van der Waals surface area contributed by atoms with Gasteiger partial charge >= 0.3 is 0 Å². The first-order valence-electron chi connectivity index (χ1n) is 6.62. The van der Waals surface area contributed by atoms with E-state index < -0.39 is 0 Å². The van der Waals surface area contributed by atoms with Gasteiger partial charge in [-0.25, -0.2) is 0 Å². The molecule has 6 nitrogen and oxygen atoms in total. The molecule has 0 saturated heterocycles. The molecule has 1 aromatic carbocycles. The van der Waals surface area contributed by atoms with Gasteiger partial charge < -0.3 is 21.1 Å². The third-order valence-corrected chi connectivity index (χ3v) is 3.75. The Hall–Kier alpha value is -2.38. The highest BCUT2D eigenvalue weighted by molar-refractivity contribution is 7.10. The second-order valence-corrected chi connectivity index (χ2v) is 5.50. The van der Waals surface area contributed by atoms with Crippen LogP contribution in [-0.2, 0) is 16.0 Å². The number of thiophene rings is 1. The van der Waals surface area contributed by atoms with Crippen LogP contribution in [0.1, 0.15) is 4.88 Å². The number of methoxy groups -OCH3 is 1. The molecule has 0 aliphatic carbocycles. The molecular formula is C15H17N3O3S. The molecule has 2 amide bonds. The van der Waals surface area contributed by atoms with Crippen LogP contribution in [0.2, 0.25) is 0 Å². The molecule has 0 radical (unpaired) electrons. The van der Waals surface area contributed by atoms with E-state index in [0.29, 0.717) is 17.1 Å². The van der Waals surface area contributed by atoms with Gasteiger partial charge in [-0.3, -0.25) is 9.59 Å². The molecule has 0 bridgehead atoms. The van der Waals surface area contributed by atoms with Gasteiger partial charge in [0.1, 0.15) is 5.75 Å². The molecule has 1 aromatic heterocycles. The summed E-state index contributed by atoms with van der Waals surface area (Å²) in [5, 5.41) is 7.35. The Morgan fingerprint density at radius 3 is 2.59 bits per heavy atom. The first kappa shape index (κ1) is 16.0. The zero-order valence-electron chi connectivity index (χ0n) is 12.1. The van der Waals surface area contributed by atoms with Crippen LogP contribution < -0.4 is 21.1 Å². The Morgan fingerprint density at radius 2 is 1.95 bits per heavy atom. The number of hydrogen-bond donors (Lipinski definition) is 3. The maximum atomic E-state index is 12.1. The lowest BCUT2D eigenvalue weighted by Crippen LogP contribution is -2.23. The molecule has 22 heavy (non-hydrogen) atoms. The second kappa shape index (κ2) is 7.58. The van der Waals surface area contributed by atoms with Gasteiger partial charge in [-0.2, -0.15) is 0 Å². The van der Waals surface area contributed by atoms with Crippen molar-refractivity contribution in [1.82, 2.24) is 0 Å². The largest absolute Gasteiger partial charge is 0.497 e. The maximum absolute atomic E-state index is 12.1. The number of benzene rings is 1. The number of nitrogens with one attached hydrogen (secondary N) is 2. The maximum Gasteiger partial charge on any atom is 0.238 e.